The van der Waals surface area contributed by atoms with Crippen LogP contribution in [0.2, 0.25) is 5.02 Å². The number of ether oxygens (including phenoxy) is 1. The minimum atomic E-state index is 0.304. The quantitative estimate of drug-likeness (QED) is 0.283. The van der Waals surface area contributed by atoms with Crippen LogP contribution < -0.4 is 25.9 Å². The fraction of sp³-hybridized carbons (Fsp3) is 0.324. The maximum Gasteiger partial charge on any atom is 0.153 e. The predicted molar refractivity (Wildman–Crippen MR) is 169 cm³/mol. The number of allylic oxidation sites excluding steroid dienone is 2. The Labute approximate surface area is 247 Å². The topological polar surface area (TPSA) is 74.6 Å². The van der Waals surface area contributed by atoms with E-state index < -0.39 is 0 Å². The molecular weight excluding hydrogens is 532 g/mol. The van der Waals surface area contributed by atoms with Crippen molar-refractivity contribution in [3.8, 4) is 5.75 Å². The van der Waals surface area contributed by atoms with Crippen LogP contribution in [0.3, 0.4) is 0 Å². The number of piperazine rings is 1. The number of rotatable bonds is 8. The first-order valence-corrected chi connectivity index (χ1v) is 14.6. The first kappa shape index (κ1) is 28.8. The van der Waals surface area contributed by atoms with Gasteiger partial charge < -0.3 is 20.4 Å². The number of benzene rings is 2. The van der Waals surface area contributed by atoms with Crippen molar-refractivity contribution in [2.24, 2.45) is 11.1 Å². The number of hydrogen-bond donors (Lipinski definition) is 2. The number of aldehydes is 1. The minimum Gasteiger partial charge on any atom is -0.455 e. The number of carbonyl (C=O) groups is 1. The number of H-pyrrole nitrogens is 1. The first-order chi connectivity index (χ1) is 19.7. The molecule has 0 atom stereocenters. The van der Waals surface area contributed by atoms with E-state index in [1.54, 1.807) is 11.6 Å². The zero-order chi connectivity index (χ0) is 29.0. The average Bonchev–Trinajstić information content (AvgIpc) is 3.38. The molecule has 2 aliphatic rings. The third-order valence-electron chi connectivity index (χ3n) is 8.21. The molecule has 41 heavy (non-hydrogen) atoms. The smallest absolute Gasteiger partial charge is 0.153 e. The molecular formula is C34H39ClN4O2. The molecule has 1 aliphatic heterocycles. The Morgan fingerprint density at radius 3 is 2.54 bits per heavy atom. The van der Waals surface area contributed by atoms with Crippen molar-refractivity contribution in [2.75, 3.05) is 37.6 Å². The largest absolute Gasteiger partial charge is 0.455 e. The number of aromatic amines is 1. The van der Waals surface area contributed by atoms with Crippen LogP contribution in [0.15, 0.2) is 72.3 Å². The van der Waals surface area contributed by atoms with Gasteiger partial charge in [0.15, 0.2) is 6.29 Å². The molecule has 5 rings (SSSR count). The van der Waals surface area contributed by atoms with E-state index in [9.17, 15) is 4.79 Å². The van der Waals surface area contributed by atoms with Gasteiger partial charge in [0.2, 0.25) is 0 Å². The summed E-state index contributed by atoms with van der Waals surface area (Å²) >= 11 is 6.19. The summed E-state index contributed by atoms with van der Waals surface area (Å²) in [6, 6.07) is 16.0. The lowest BCUT2D eigenvalue weighted by Gasteiger charge is -2.39. The molecule has 3 aromatic rings. The Hall–Kier alpha value is -3.74. The van der Waals surface area contributed by atoms with Crippen LogP contribution in [0.4, 0.5) is 5.69 Å². The lowest BCUT2D eigenvalue weighted by molar-refractivity contribution is 0.112. The zero-order valence-electron chi connectivity index (χ0n) is 24.0. The molecule has 0 spiro atoms. The molecule has 0 bridgehead atoms. The van der Waals surface area contributed by atoms with Crippen molar-refractivity contribution in [3.05, 3.63) is 99.0 Å². The Bertz CT molecular complexity index is 1560. The number of nitrogens with two attached hydrogens (primary N) is 1. The second-order valence-electron chi connectivity index (χ2n) is 11.8. The maximum atomic E-state index is 11.8. The van der Waals surface area contributed by atoms with Gasteiger partial charge in [0.05, 0.1) is 5.56 Å². The molecule has 7 heteroatoms. The summed E-state index contributed by atoms with van der Waals surface area (Å²) in [6.07, 6.45) is 9.25. The summed E-state index contributed by atoms with van der Waals surface area (Å²) in [5.41, 5.74) is 12.0. The molecule has 1 fully saturated rings. The van der Waals surface area contributed by atoms with Gasteiger partial charge in [0, 0.05) is 72.5 Å². The molecule has 1 aromatic heterocycles. The molecule has 0 radical (unpaired) electrons. The van der Waals surface area contributed by atoms with Crippen LogP contribution in [-0.2, 0) is 0 Å². The van der Waals surface area contributed by atoms with Crippen LogP contribution in [-0.4, -0.2) is 48.9 Å². The molecule has 2 aromatic carbocycles. The molecule has 1 saturated heterocycles. The monoisotopic (exact) mass is 570 g/mol. The SMILES string of the molecule is C=c1[nH]cc/c1=C/C(=C\N)Oc1cc(N2CCN(CC3=C(c4ccc(Cl)cc4)CC(C)(C)CC3)CC2)ccc1C=O. The standard InChI is InChI=1S/C34H39ClN4O2/c1-24-26(11-13-37-24)18-31(21-36)41-33-19-30(9-6-28(33)23-40)39-16-14-38(15-17-39)22-27-10-12-34(2,3)20-32(27)25-4-7-29(35)8-5-25/h4-9,11,13,18-19,21,23,37H,1,10,12,14-17,20,22,36H2,2-3H3/b26-18-,31-21+. The number of nitrogens with one attached hydrogen (secondary N) is 1. The highest BCUT2D eigenvalue weighted by atomic mass is 35.5. The van der Waals surface area contributed by atoms with E-state index in [0.29, 0.717) is 22.5 Å². The van der Waals surface area contributed by atoms with Gasteiger partial charge in [-0.3, -0.25) is 9.69 Å². The van der Waals surface area contributed by atoms with Crippen molar-refractivity contribution in [2.45, 2.75) is 33.1 Å². The van der Waals surface area contributed by atoms with Crippen molar-refractivity contribution in [1.82, 2.24) is 9.88 Å². The van der Waals surface area contributed by atoms with Crippen LogP contribution in [0.25, 0.3) is 18.2 Å². The van der Waals surface area contributed by atoms with Crippen molar-refractivity contribution < 1.29 is 9.53 Å². The average molecular weight is 571 g/mol. The van der Waals surface area contributed by atoms with Gasteiger partial charge in [-0.1, -0.05) is 49.7 Å². The van der Waals surface area contributed by atoms with E-state index in [0.717, 1.165) is 73.1 Å². The van der Waals surface area contributed by atoms with E-state index in [4.69, 9.17) is 22.1 Å². The van der Waals surface area contributed by atoms with Crippen LogP contribution >= 0.6 is 11.6 Å². The second kappa shape index (κ2) is 12.4. The third kappa shape index (κ3) is 6.95. The van der Waals surface area contributed by atoms with Gasteiger partial charge >= 0.3 is 0 Å². The third-order valence-corrected chi connectivity index (χ3v) is 8.47. The van der Waals surface area contributed by atoms with Gasteiger partial charge in [-0.25, -0.2) is 0 Å². The van der Waals surface area contributed by atoms with Crippen molar-refractivity contribution >= 4 is 41.8 Å². The highest BCUT2D eigenvalue weighted by molar-refractivity contribution is 6.30. The van der Waals surface area contributed by atoms with Crippen molar-refractivity contribution in [3.63, 3.8) is 0 Å². The Morgan fingerprint density at radius 2 is 1.88 bits per heavy atom. The van der Waals surface area contributed by atoms with E-state index >= 15 is 0 Å². The molecule has 0 unspecified atom stereocenters. The van der Waals surface area contributed by atoms with Gasteiger partial charge in [0.25, 0.3) is 0 Å². The Balaban J connectivity index is 1.29. The van der Waals surface area contributed by atoms with Crippen LogP contribution in [0, 0.1) is 5.41 Å². The van der Waals surface area contributed by atoms with Gasteiger partial charge in [-0.2, -0.15) is 0 Å². The number of aromatic nitrogens is 1. The molecule has 1 aliphatic carbocycles. The molecule has 0 saturated carbocycles. The summed E-state index contributed by atoms with van der Waals surface area (Å²) in [5, 5.41) is 2.42. The number of halogens is 1. The number of carbonyl (C=O) groups excluding carboxylic acids is 1. The van der Waals surface area contributed by atoms with Crippen LogP contribution in [0.1, 0.15) is 49.0 Å². The summed E-state index contributed by atoms with van der Waals surface area (Å²) < 4.78 is 6.10. The highest BCUT2D eigenvalue weighted by Crippen LogP contribution is 2.43. The zero-order valence-corrected chi connectivity index (χ0v) is 24.7. The van der Waals surface area contributed by atoms with E-state index in [1.165, 1.54) is 23.8 Å². The number of nitrogens with zero attached hydrogens (tertiary/aromatic N) is 2. The lowest BCUT2D eigenvalue weighted by Crippen LogP contribution is -2.47. The van der Waals surface area contributed by atoms with E-state index in [2.05, 4.69) is 47.3 Å². The maximum absolute atomic E-state index is 11.8. The van der Waals surface area contributed by atoms with Gasteiger partial charge in [-0.05, 0) is 72.2 Å². The summed E-state index contributed by atoms with van der Waals surface area (Å²) in [5.74, 6) is 0.927. The number of hydrogen-bond acceptors (Lipinski definition) is 5. The van der Waals surface area contributed by atoms with Gasteiger partial charge in [0.1, 0.15) is 11.5 Å². The fourth-order valence-corrected chi connectivity index (χ4v) is 5.87. The Kier molecular flexibility index (Phi) is 8.71. The predicted octanol–water partition coefficient (Wildman–Crippen LogP) is 5.34. The highest BCUT2D eigenvalue weighted by Gasteiger charge is 2.29. The summed E-state index contributed by atoms with van der Waals surface area (Å²) in [7, 11) is 0. The lowest BCUT2D eigenvalue weighted by atomic mass is 9.72. The number of anilines is 1. The van der Waals surface area contributed by atoms with E-state index in [1.807, 2.05) is 42.6 Å². The van der Waals surface area contributed by atoms with E-state index in [-0.39, 0.29) is 0 Å². The molecule has 6 nitrogen and oxygen atoms in total. The summed E-state index contributed by atoms with van der Waals surface area (Å²) in [4.78, 5) is 19.7. The Morgan fingerprint density at radius 1 is 1.12 bits per heavy atom. The molecule has 2 heterocycles. The molecule has 3 N–H and O–H groups in total. The molecule has 214 valence electrons. The normalized spacial score (nSPS) is 18.6. The minimum absolute atomic E-state index is 0.304. The van der Waals surface area contributed by atoms with Gasteiger partial charge in [-0.15, -0.1) is 0 Å². The summed E-state index contributed by atoms with van der Waals surface area (Å²) in [6.45, 7) is 13.4. The van der Waals surface area contributed by atoms with Crippen molar-refractivity contribution in [1.29, 1.82) is 0 Å². The fourth-order valence-electron chi connectivity index (χ4n) is 5.75. The second-order valence-corrected chi connectivity index (χ2v) is 12.2. The first-order valence-electron chi connectivity index (χ1n) is 14.2. The molecule has 0 amide bonds. The van der Waals surface area contributed by atoms with Crippen LogP contribution in [0.5, 0.6) is 5.75 Å².